The van der Waals surface area contributed by atoms with Crippen LogP contribution < -0.4 is 9.67 Å². The van der Waals surface area contributed by atoms with Crippen molar-refractivity contribution in [2.45, 2.75) is 13.0 Å². The number of carboxylic acid groups (broad SMARTS) is 1. The van der Waals surface area contributed by atoms with Crippen molar-refractivity contribution in [2.24, 2.45) is 0 Å². The summed E-state index contributed by atoms with van der Waals surface area (Å²) >= 11 is 0. The van der Waals surface area contributed by atoms with E-state index in [-0.39, 0.29) is 13.0 Å². The van der Waals surface area contributed by atoms with E-state index in [4.69, 9.17) is 4.74 Å². The lowest BCUT2D eigenvalue weighted by Crippen LogP contribution is -2.30. The molecule has 0 unspecified atom stereocenters. The van der Waals surface area contributed by atoms with Gasteiger partial charge in [0.2, 0.25) is 0 Å². The third-order valence-electron chi connectivity index (χ3n) is 2.00. The van der Waals surface area contributed by atoms with E-state index in [1.807, 2.05) is 36.7 Å². The Bertz CT molecular complexity index is 341. The number of aliphatic carboxylic acids is 1. The molecule has 1 aromatic heterocycles. The van der Waals surface area contributed by atoms with E-state index in [0.717, 1.165) is 6.54 Å². The van der Waals surface area contributed by atoms with Gasteiger partial charge in [0.25, 0.3) is 0 Å². The van der Waals surface area contributed by atoms with Gasteiger partial charge in [-0.2, -0.15) is 0 Å². The molecule has 1 aromatic rings. The molecular weight excluding hydrogens is 246 g/mol. The minimum Gasteiger partial charge on any atom is -0.550 e. The minimum atomic E-state index is -1.09. The number of aromatic nitrogens is 1. The summed E-state index contributed by atoms with van der Waals surface area (Å²) in [6, 6.07) is 6.01. The zero-order valence-corrected chi connectivity index (χ0v) is 11.3. The Hall–Kier alpha value is -1.72. The second kappa shape index (κ2) is 12.7. The summed E-state index contributed by atoms with van der Waals surface area (Å²) in [6.07, 6.45) is 5.85. The van der Waals surface area contributed by atoms with Gasteiger partial charge in [-0.25, -0.2) is 4.57 Å². The molecule has 0 bridgehead atoms. The molecule has 0 N–H and O–H groups in total. The number of allylic oxidation sites excluding steroid dienone is 1. The van der Waals surface area contributed by atoms with E-state index in [2.05, 4.69) is 15.9 Å². The van der Waals surface area contributed by atoms with Gasteiger partial charge in [0.1, 0.15) is 0 Å². The summed E-state index contributed by atoms with van der Waals surface area (Å²) < 4.78 is 11.6. The topological polar surface area (TPSA) is 62.5 Å². The third kappa shape index (κ3) is 12.5. The summed E-state index contributed by atoms with van der Waals surface area (Å²) in [7, 11) is 1.56. The molecule has 0 aliphatic carbocycles. The molecule has 5 heteroatoms. The van der Waals surface area contributed by atoms with E-state index in [1.54, 1.807) is 7.11 Å². The lowest BCUT2D eigenvalue weighted by atomic mass is 10.5. The van der Waals surface area contributed by atoms with Crippen molar-refractivity contribution in [3.05, 3.63) is 43.2 Å². The zero-order valence-electron chi connectivity index (χ0n) is 11.3. The molecule has 0 aliphatic heterocycles. The normalized spacial score (nSPS) is 9.32. The monoisotopic (exact) mass is 267 g/mol. The van der Waals surface area contributed by atoms with Crippen LogP contribution in [-0.4, -0.2) is 32.9 Å². The molecule has 5 nitrogen and oxygen atoms in total. The van der Waals surface area contributed by atoms with Crippen LogP contribution in [0, 0.1) is 0 Å². The van der Waals surface area contributed by atoms with Gasteiger partial charge in [0, 0.05) is 31.6 Å². The number of ether oxygens (including phenoxy) is 2. The Morgan fingerprint density at radius 1 is 1.26 bits per heavy atom. The van der Waals surface area contributed by atoms with Gasteiger partial charge in [-0.1, -0.05) is 12.6 Å². The first kappa shape index (κ1) is 17.3. The molecule has 0 aliphatic rings. The first-order chi connectivity index (χ1) is 9.20. The highest BCUT2D eigenvalue weighted by Crippen LogP contribution is 1.80. The molecule has 1 heterocycles. The van der Waals surface area contributed by atoms with E-state index >= 15 is 0 Å². The predicted molar refractivity (Wildman–Crippen MR) is 69.2 cm³/mol. The lowest BCUT2D eigenvalue weighted by molar-refractivity contribution is -0.687. The van der Waals surface area contributed by atoms with Crippen LogP contribution in [0.15, 0.2) is 43.2 Å². The van der Waals surface area contributed by atoms with Gasteiger partial charge in [-0.15, -0.1) is 0 Å². The summed E-state index contributed by atoms with van der Waals surface area (Å²) in [5.74, 6) is -1.09. The van der Waals surface area contributed by atoms with Crippen LogP contribution in [0.4, 0.5) is 0 Å². The Labute approximate surface area is 114 Å². The van der Waals surface area contributed by atoms with Crippen LogP contribution in [0.2, 0.25) is 0 Å². The minimum absolute atomic E-state index is 0.0519. The van der Waals surface area contributed by atoms with Crippen LogP contribution in [0.25, 0.3) is 0 Å². The molecule has 0 amide bonds. The Morgan fingerprint density at radius 3 is 2.47 bits per heavy atom. The molecule has 0 atom stereocenters. The first-order valence-corrected chi connectivity index (χ1v) is 6.02. The molecule has 19 heavy (non-hydrogen) atoms. The third-order valence-corrected chi connectivity index (χ3v) is 2.00. The van der Waals surface area contributed by atoms with Gasteiger partial charge >= 0.3 is 0 Å². The number of carbonyl (C=O) groups excluding carboxylic acids is 1. The van der Waals surface area contributed by atoms with Crippen molar-refractivity contribution in [3.8, 4) is 0 Å². The van der Waals surface area contributed by atoms with Crippen molar-refractivity contribution >= 4 is 5.97 Å². The SMILES string of the molecule is C=CC[n+]1ccccc1.COCCOCCC(=O)[O-]. The maximum atomic E-state index is 9.81. The van der Waals surface area contributed by atoms with Crippen LogP contribution in [0.1, 0.15) is 6.42 Å². The summed E-state index contributed by atoms with van der Waals surface area (Å²) in [6.45, 7) is 5.65. The predicted octanol–water partition coefficient (Wildman–Crippen LogP) is -0.0505. The fourth-order valence-electron chi connectivity index (χ4n) is 1.10. The molecule has 0 aromatic carbocycles. The highest BCUT2D eigenvalue weighted by atomic mass is 16.5. The number of methoxy groups -OCH3 is 1. The maximum absolute atomic E-state index is 9.81. The van der Waals surface area contributed by atoms with Gasteiger partial charge < -0.3 is 19.4 Å². The first-order valence-electron chi connectivity index (χ1n) is 6.02. The molecule has 0 radical (unpaired) electrons. The van der Waals surface area contributed by atoms with E-state index in [1.165, 1.54) is 0 Å². The standard InChI is InChI=1S/C8H10N.C6H12O4/c1-2-6-9-7-4-3-5-8-9;1-9-4-5-10-3-2-6(7)8/h2-5,7-8H,1,6H2;2-5H2,1H3,(H,7,8)/q+1;/p-1. The second-order valence-corrected chi connectivity index (χ2v) is 3.59. The van der Waals surface area contributed by atoms with E-state index in [0.29, 0.717) is 13.2 Å². The zero-order chi connectivity index (χ0) is 14.3. The molecule has 0 saturated heterocycles. The molecule has 0 saturated carbocycles. The number of carbonyl (C=O) groups is 1. The summed E-state index contributed by atoms with van der Waals surface area (Å²) in [4.78, 5) is 9.81. The summed E-state index contributed by atoms with van der Waals surface area (Å²) in [5, 5.41) is 9.81. The number of nitrogens with zero attached hydrogens (tertiary/aromatic N) is 1. The average Bonchev–Trinajstić information content (AvgIpc) is 2.40. The van der Waals surface area contributed by atoms with Gasteiger partial charge in [0.05, 0.1) is 19.8 Å². The fourth-order valence-corrected chi connectivity index (χ4v) is 1.10. The van der Waals surface area contributed by atoms with Crippen molar-refractivity contribution in [3.63, 3.8) is 0 Å². The molecular formula is C14H21NO4. The number of carboxylic acids is 1. The number of pyridine rings is 1. The van der Waals surface area contributed by atoms with Crippen LogP contribution in [-0.2, 0) is 20.8 Å². The van der Waals surface area contributed by atoms with E-state index < -0.39 is 5.97 Å². The molecule has 0 spiro atoms. The smallest absolute Gasteiger partial charge is 0.169 e. The van der Waals surface area contributed by atoms with Crippen molar-refractivity contribution < 1.29 is 23.9 Å². The number of rotatable bonds is 8. The quantitative estimate of drug-likeness (QED) is 0.376. The highest BCUT2D eigenvalue weighted by molar-refractivity contribution is 5.64. The Kier molecular flexibility index (Phi) is 11.6. The van der Waals surface area contributed by atoms with Crippen LogP contribution in [0.5, 0.6) is 0 Å². The average molecular weight is 267 g/mol. The lowest BCUT2D eigenvalue weighted by Gasteiger charge is -2.02. The summed E-state index contributed by atoms with van der Waals surface area (Å²) in [5.41, 5.74) is 0. The van der Waals surface area contributed by atoms with Gasteiger partial charge in [-0.3, -0.25) is 0 Å². The van der Waals surface area contributed by atoms with Crippen LogP contribution in [0.3, 0.4) is 0 Å². The van der Waals surface area contributed by atoms with Crippen molar-refractivity contribution in [1.29, 1.82) is 0 Å². The Balaban J connectivity index is 0.000000342. The molecule has 0 fully saturated rings. The van der Waals surface area contributed by atoms with E-state index in [9.17, 15) is 9.90 Å². The fraction of sp³-hybridized carbons (Fsp3) is 0.429. The maximum Gasteiger partial charge on any atom is 0.169 e. The van der Waals surface area contributed by atoms with Crippen LogP contribution >= 0.6 is 0 Å². The van der Waals surface area contributed by atoms with Gasteiger partial charge in [0.15, 0.2) is 18.9 Å². The van der Waals surface area contributed by atoms with Gasteiger partial charge in [-0.05, 0) is 6.08 Å². The second-order valence-electron chi connectivity index (χ2n) is 3.59. The highest BCUT2D eigenvalue weighted by Gasteiger charge is 1.88. The molecule has 106 valence electrons. The number of hydrogen-bond acceptors (Lipinski definition) is 4. The van der Waals surface area contributed by atoms with Crippen molar-refractivity contribution in [1.82, 2.24) is 0 Å². The largest absolute Gasteiger partial charge is 0.550 e. The van der Waals surface area contributed by atoms with Crippen molar-refractivity contribution in [2.75, 3.05) is 26.9 Å². The molecule has 1 rings (SSSR count). The Morgan fingerprint density at radius 2 is 1.95 bits per heavy atom. The number of hydrogen-bond donors (Lipinski definition) is 0.